The van der Waals surface area contributed by atoms with Crippen molar-refractivity contribution in [1.29, 1.82) is 0 Å². The van der Waals surface area contributed by atoms with E-state index in [2.05, 4.69) is 10.9 Å². The van der Waals surface area contributed by atoms with Gasteiger partial charge in [0.2, 0.25) is 0 Å². The van der Waals surface area contributed by atoms with Gasteiger partial charge in [-0.05, 0) is 11.6 Å². The normalized spacial score (nSPS) is 19.8. The van der Waals surface area contributed by atoms with Crippen LogP contribution in [0.15, 0.2) is 47.3 Å². The molecule has 0 aromatic rings. The molecule has 74 valence electrons. The molecule has 0 fully saturated rings. The van der Waals surface area contributed by atoms with Crippen molar-refractivity contribution in [1.82, 2.24) is 10.9 Å². The maximum absolute atomic E-state index is 12.2. The van der Waals surface area contributed by atoms with Crippen LogP contribution in [0.25, 0.3) is 0 Å². The van der Waals surface area contributed by atoms with E-state index in [1.54, 1.807) is 24.3 Å². The number of hydrogen-bond acceptors (Lipinski definition) is 2. The van der Waals surface area contributed by atoms with Gasteiger partial charge in [-0.1, -0.05) is 24.3 Å². The van der Waals surface area contributed by atoms with Crippen LogP contribution in [0.5, 0.6) is 0 Å². The number of nitrogens with one attached hydrogen (secondary N) is 2. The summed E-state index contributed by atoms with van der Waals surface area (Å²) in [4.78, 5) is 0. The smallest absolute Gasteiger partial charge is 0.300 e. The molecular formula is C9H7F3N2. The van der Waals surface area contributed by atoms with Crippen molar-refractivity contribution < 1.29 is 13.2 Å². The van der Waals surface area contributed by atoms with Gasteiger partial charge in [-0.15, -0.1) is 0 Å². The fourth-order valence-corrected chi connectivity index (χ4v) is 1.21. The zero-order valence-electron chi connectivity index (χ0n) is 7.02. The molecule has 2 nitrogen and oxygen atoms in total. The molecular weight excluding hydrogens is 193 g/mol. The highest BCUT2D eigenvalue weighted by Gasteiger charge is 2.36. The molecule has 0 saturated carbocycles. The Morgan fingerprint density at radius 1 is 1.00 bits per heavy atom. The summed E-state index contributed by atoms with van der Waals surface area (Å²) in [5, 5.41) is 0. The Morgan fingerprint density at radius 2 is 1.64 bits per heavy atom. The maximum Gasteiger partial charge on any atom is 0.432 e. The van der Waals surface area contributed by atoms with Crippen molar-refractivity contribution in [3.05, 3.63) is 47.3 Å². The second kappa shape index (κ2) is 2.94. The molecule has 1 heterocycles. The average Bonchev–Trinajstić information content (AvgIpc) is 2.73. The van der Waals surface area contributed by atoms with E-state index in [1.807, 2.05) is 0 Å². The molecule has 0 amide bonds. The largest absolute Gasteiger partial charge is 0.432 e. The van der Waals surface area contributed by atoms with Gasteiger partial charge >= 0.3 is 6.18 Å². The van der Waals surface area contributed by atoms with Crippen molar-refractivity contribution in [3.63, 3.8) is 0 Å². The van der Waals surface area contributed by atoms with Gasteiger partial charge in [-0.2, -0.15) is 13.2 Å². The molecule has 2 aliphatic rings. The van der Waals surface area contributed by atoms with Crippen molar-refractivity contribution in [3.8, 4) is 0 Å². The molecule has 0 radical (unpaired) electrons. The molecule has 0 aromatic carbocycles. The summed E-state index contributed by atoms with van der Waals surface area (Å²) in [6.45, 7) is 0. The van der Waals surface area contributed by atoms with E-state index in [0.29, 0.717) is 5.70 Å². The Balaban J connectivity index is 2.29. The lowest BCUT2D eigenvalue weighted by atomic mass is 10.2. The second-order valence-electron chi connectivity index (χ2n) is 2.89. The number of allylic oxidation sites excluding steroid dienone is 7. The Hall–Kier alpha value is -1.65. The highest BCUT2D eigenvalue weighted by Crippen LogP contribution is 2.27. The molecule has 2 rings (SSSR count). The van der Waals surface area contributed by atoms with Gasteiger partial charge in [-0.3, -0.25) is 5.43 Å². The molecule has 1 aliphatic carbocycles. The third-order valence-corrected chi connectivity index (χ3v) is 1.90. The van der Waals surface area contributed by atoms with Crippen molar-refractivity contribution >= 4 is 0 Å². The lowest BCUT2D eigenvalue weighted by Crippen LogP contribution is -2.30. The van der Waals surface area contributed by atoms with Gasteiger partial charge in [0, 0.05) is 0 Å². The van der Waals surface area contributed by atoms with Crippen LogP contribution in [0.4, 0.5) is 13.2 Å². The Kier molecular flexibility index (Phi) is 1.87. The Bertz CT molecular complexity index is 358. The van der Waals surface area contributed by atoms with Gasteiger partial charge in [-0.25, -0.2) is 0 Å². The molecule has 0 bridgehead atoms. The SMILES string of the molecule is FC(F)(F)C1=CC(=C2C=CC=C2)NN1. The van der Waals surface area contributed by atoms with Crippen molar-refractivity contribution in [2.45, 2.75) is 6.18 Å². The molecule has 0 aromatic heterocycles. The van der Waals surface area contributed by atoms with E-state index in [4.69, 9.17) is 0 Å². The molecule has 5 heteroatoms. The molecule has 14 heavy (non-hydrogen) atoms. The minimum absolute atomic E-state index is 0.433. The molecule has 0 saturated heterocycles. The predicted octanol–water partition coefficient (Wildman–Crippen LogP) is 1.92. The maximum atomic E-state index is 12.2. The van der Waals surface area contributed by atoms with Gasteiger partial charge < -0.3 is 5.43 Å². The fraction of sp³-hybridized carbons (Fsp3) is 0.111. The summed E-state index contributed by atoms with van der Waals surface area (Å²) >= 11 is 0. The summed E-state index contributed by atoms with van der Waals surface area (Å²) in [6.07, 6.45) is 3.73. The van der Waals surface area contributed by atoms with Crippen LogP contribution >= 0.6 is 0 Å². The van der Waals surface area contributed by atoms with Crippen LogP contribution in [0.3, 0.4) is 0 Å². The first-order chi connectivity index (χ1) is 6.57. The lowest BCUT2D eigenvalue weighted by Gasteiger charge is -2.07. The van der Waals surface area contributed by atoms with E-state index in [1.165, 1.54) is 0 Å². The van der Waals surface area contributed by atoms with Crippen LogP contribution < -0.4 is 10.9 Å². The first kappa shape index (κ1) is 8.93. The predicted molar refractivity (Wildman–Crippen MR) is 45.7 cm³/mol. The standard InChI is InChI=1S/C9H7F3N2/c10-9(11,12)8-5-7(13-14-8)6-3-1-2-4-6/h1-5,13-14H. The van der Waals surface area contributed by atoms with Gasteiger partial charge in [0.1, 0.15) is 5.70 Å². The van der Waals surface area contributed by atoms with E-state index >= 15 is 0 Å². The summed E-state index contributed by atoms with van der Waals surface area (Å²) in [6, 6.07) is 0. The molecule has 0 spiro atoms. The lowest BCUT2D eigenvalue weighted by molar-refractivity contribution is -0.0965. The highest BCUT2D eigenvalue weighted by atomic mass is 19.4. The number of halogens is 3. The first-order valence-electron chi connectivity index (χ1n) is 3.97. The van der Waals surface area contributed by atoms with E-state index in [0.717, 1.165) is 11.6 Å². The zero-order chi connectivity index (χ0) is 10.2. The average molecular weight is 200 g/mol. The van der Waals surface area contributed by atoms with Crippen LogP contribution in [0.2, 0.25) is 0 Å². The number of alkyl halides is 3. The van der Waals surface area contributed by atoms with Crippen LogP contribution in [-0.4, -0.2) is 6.18 Å². The van der Waals surface area contributed by atoms with Crippen LogP contribution in [0, 0.1) is 0 Å². The number of hydrazine groups is 1. The molecule has 1 aliphatic heterocycles. The van der Waals surface area contributed by atoms with Crippen LogP contribution in [0.1, 0.15) is 0 Å². The minimum Gasteiger partial charge on any atom is -0.300 e. The van der Waals surface area contributed by atoms with Crippen molar-refractivity contribution in [2.75, 3.05) is 0 Å². The third-order valence-electron chi connectivity index (χ3n) is 1.90. The number of hydrogen-bond donors (Lipinski definition) is 2. The summed E-state index contributed by atoms with van der Waals surface area (Å²) < 4.78 is 36.6. The van der Waals surface area contributed by atoms with Gasteiger partial charge in [0.05, 0.1) is 5.70 Å². The second-order valence-corrected chi connectivity index (χ2v) is 2.89. The van der Waals surface area contributed by atoms with Crippen LogP contribution in [-0.2, 0) is 0 Å². The topological polar surface area (TPSA) is 24.1 Å². The zero-order valence-corrected chi connectivity index (χ0v) is 7.02. The summed E-state index contributed by atoms with van der Waals surface area (Å²) in [5.41, 5.74) is 4.95. The van der Waals surface area contributed by atoms with E-state index < -0.39 is 11.9 Å². The molecule has 2 N–H and O–H groups in total. The van der Waals surface area contributed by atoms with E-state index in [9.17, 15) is 13.2 Å². The Labute approximate surface area is 78.5 Å². The molecule has 0 unspecified atom stereocenters. The highest BCUT2D eigenvalue weighted by molar-refractivity contribution is 5.48. The number of rotatable bonds is 0. The first-order valence-corrected chi connectivity index (χ1v) is 3.97. The summed E-state index contributed by atoms with van der Waals surface area (Å²) in [7, 11) is 0. The minimum atomic E-state index is -4.33. The van der Waals surface area contributed by atoms with E-state index in [-0.39, 0.29) is 0 Å². The van der Waals surface area contributed by atoms with Crippen molar-refractivity contribution in [2.24, 2.45) is 0 Å². The third kappa shape index (κ3) is 1.53. The summed E-state index contributed by atoms with van der Waals surface area (Å²) in [5.74, 6) is 0. The fourth-order valence-electron chi connectivity index (χ4n) is 1.21. The Morgan fingerprint density at radius 3 is 2.14 bits per heavy atom. The van der Waals surface area contributed by atoms with Gasteiger partial charge in [0.25, 0.3) is 0 Å². The monoisotopic (exact) mass is 200 g/mol. The van der Waals surface area contributed by atoms with Gasteiger partial charge in [0.15, 0.2) is 0 Å². The quantitative estimate of drug-likeness (QED) is 0.624. The molecule has 0 atom stereocenters.